The molecule has 1 heterocycles. The number of hydrogen-bond acceptors (Lipinski definition) is 4. The van der Waals surface area contributed by atoms with E-state index in [9.17, 15) is 9.59 Å². The molecule has 2 atom stereocenters. The molecule has 7 heteroatoms. The van der Waals surface area contributed by atoms with Crippen LogP contribution in [0.15, 0.2) is 0 Å². The number of nitrogens with one attached hydrogen (secondary N) is 1. The van der Waals surface area contributed by atoms with Gasteiger partial charge in [0.25, 0.3) is 0 Å². The molecule has 1 fully saturated rings. The second-order valence-corrected chi connectivity index (χ2v) is 5.65. The van der Waals surface area contributed by atoms with Crippen LogP contribution in [0.2, 0.25) is 0 Å². The third kappa shape index (κ3) is 6.15. The van der Waals surface area contributed by atoms with E-state index in [1.807, 2.05) is 13.2 Å². The molecule has 0 aromatic rings. The Morgan fingerprint density at radius 2 is 2.32 bits per heavy atom. The summed E-state index contributed by atoms with van der Waals surface area (Å²) in [5.74, 6) is 0.104. The van der Waals surface area contributed by atoms with Crippen molar-refractivity contribution in [1.29, 1.82) is 0 Å². The average Bonchev–Trinajstić information content (AvgIpc) is 2.35. The minimum atomic E-state index is -0.902. The van der Waals surface area contributed by atoms with Crippen molar-refractivity contribution in [2.24, 2.45) is 0 Å². The summed E-state index contributed by atoms with van der Waals surface area (Å²) in [6, 6.07) is -0.00647. The molecule has 1 rings (SSSR count). The van der Waals surface area contributed by atoms with E-state index in [1.54, 1.807) is 16.7 Å². The molecule has 0 spiro atoms. The molecule has 1 saturated heterocycles. The lowest BCUT2D eigenvalue weighted by Crippen LogP contribution is -2.51. The molecule has 0 radical (unpaired) electrons. The van der Waals surface area contributed by atoms with Gasteiger partial charge in [0, 0.05) is 19.1 Å². The maximum atomic E-state index is 12.0. The Balaban J connectivity index is 2.37. The van der Waals surface area contributed by atoms with Crippen molar-refractivity contribution in [2.45, 2.75) is 31.9 Å². The van der Waals surface area contributed by atoms with Crippen molar-refractivity contribution in [3.8, 4) is 0 Å². The molecule has 0 saturated carbocycles. The first-order valence-corrected chi connectivity index (χ1v) is 7.80. The topological polar surface area (TPSA) is 78.9 Å². The molecular weight excluding hydrogens is 268 g/mol. The molecule has 0 aromatic carbocycles. The molecule has 2 unspecified atom stereocenters. The fraction of sp³-hybridized carbons (Fsp3) is 0.833. The Hall–Kier alpha value is -0.950. The number of thioether (sulfide) groups is 1. The van der Waals surface area contributed by atoms with Crippen molar-refractivity contribution in [2.75, 3.05) is 31.7 Å². The Morgan fingerprint density at radius 3 is 2.95 bits per heavy atom. The molecule has 0 bridgehead atoms. The standard InChI is InChI=1S/C12H22N2O4S/c1-9(3-6-19-2)13-12(17)14-4-5-18-10(8-14)7-11(15)16/h9-10H,3-8H2,1-2H3,(H,13,17)(H,15,16). The average molecular weight is 290 g/mol. The lowest BCUT2D eigenvalue weighted by atomic mass is 10.2. The van der Waals surface area contributed by atoms with Crippen LogP contribution in [-0.2, 0) is 9.53 Å². The predicted molar refractivity (Wildman–Crippen MR) is 74.6 cm³/mol. The van der Waals surface area contributed by atoms with Gasteiger partial charge in [-0.05, 0) is 25.4 Å². The van der Waals surface area contributed by atoms with Crippen molar-refractivity contribution in [3.05, 3.63) is 0 Å². The fourth-order valence-corrected chi connectivity index (χ4v) is 2.48. The quantitative estimate of drug-likeness (QED) is 0.763. The molecular formula is C12H22N2O4S. The van der Waals surface area contributed by atoms with Crippen molar-refractivity contribution in [1.82, 2.24) is 10.2 Å². The zero-order chi connectivity index (χ0) is 14.3. The van der Waals surface area contributed by atoms with Gasteiger partial charge in [0.2, 0.25) is 0 Å². The predicted octanol–water partition coefficient (Wildman–Crippen LogP) is 1.01. The molecule has 0 aromatic heterocycles. The number of carbonyl (C=O) groups excluding carboxylic acids is 1. The molecule has 2 N–H and O–H groups in total. The SMILES string of the molecule is CSCCC(C)NC(=O)N1CCOC(CC(=O)O)C1. The first kappa shape index (κ1) is 16.1. The van der Waals surface area contributed by atoms with E-state index >= 15 is 0 Å². The van der Waals surface area contributed by atoms with E-state index in [1.165, 1.54) is 0 Å². The van der Waals surface area contributed by atoms with E-state index in [0.29, 0.717) is 19.7 Å². The molecule has 19 heavy (non-hydrogen) atoms. The minimum absolute atomic E-state index is 0.0637. The lowest BCUT2D eigenvalue weighted by molar-refractivity contribution is -0.141. The van der Waals surface area contributed by atoms with Gasteiger partial charge in [0.15, 0.2) is 0 Å². The summed E-state index contributed by atoms with van der Waals surface area (Å²) in [5.41, 5.74) is 0. The number of hydrogen-bond donors (Lipinski definition) is 2. The number of nitrogens with zero attached hydrogens (tertiary/aromatic N) is 1. The van der Waals surface area contributed by atoms with Crippen molar-refractivity contribution >= 4 is 23.8 Å². The molecule has 6 nitrogen and oxygen atoms in total. The highest BCUT2D eigenvalue weighted by Gasteiger charge is 2.26. The third-order valence-electron chi connectivity index (χ3n) is 2.95. The first-order valence-electron chi connectivity index (χ1n) is 6.40. The Morgan fingerprint density at radius 1 is 1.58 bits per heavy atom. The number of morpholine rings is 1. The highest BCUT2D eigenvalue weighted by molar-refractivity contribution is 7.98. The van der Waals surface area contributed by atoms with E-state index < -0.39 is 12.1 Å². The third-order valence-corrected chi connectivity index (χ3v) is 3.60. The Labute approximate surface area is 117 Å². The largest absolute Gasteiger partial charge is 0.481 e. The highest BCUT2D eigenvalue weighted by atomic mass is 32.2. The Bertz CT molecular complexity index is 314. The first-order chi connectivity index (χ1) is 9.02. The molecule has 110 valence electrons. The van der Waals surface area contributed by atoms with Crippen LogP contribution in [0.3, 0.4) is 0 Å². The summed E-state index contributed by atoms with van der Waals surface area (Å²) < 4.78 is 5.33. The van der Waals surface area contributed by atoms with Crippen molar-refractivity contribution in [3.63, 3.8) is 0 Å². The van der Waals surface area contributed by atoms with Crippen LogP contribution in [0.1, 0.15) is 19.8 Å². The summed E-state index contributed by atoms with van der Waals surface area (Å²) in [4.78, 5) is 24.3. The lowest BCUT2D eigenvalue weighted by Gasteiger charge is -2.33. The summed E-state index contributed by atoms with van der Waals surface area (Å²) in [7, 11) is 0. The van der Waals surface area contributed by atoms with Crippen LogP contribution in [0, 0.1) is 0 Å². The second-order valence-electron chi connectivity index (χ2n) is 4.67. The number of carbonyl (C=O) groups is 2. The van der Waals surface area contributed by atoms with Gasteiger partial charge in [-0.2, -0.15) is 11.8 Å². The van der Waals surface area contributed by atoms with Crippen LogP contribution in [0.4, 0.5) is 4.79 Å². The number of aliphatic carboxylic acids is 1. The van der Waals surface area contributed by atoms with Crippen LogP contribution in [-0.4, -0.2) is 65.9 Å². The van der Waals surface area contributed by atoms with Gasteiger partial charge >= 0.3 is 12.0 Å². The summed E-state index contributed by atoms with van der Waals surface area (Å²) in [6.45, 7) is 3.22. The Kier molecular flexibility index (Phi) is 7.01. The molecule has 1 aliphatic heterocycles. The van der Waals surface area contributed by atoms with E-state index in [0.717, 1.165) is 12.2 Å². The van der Waals surface area contributed by atoms with Crippen LogP contribution in [0.25, 0.3) is 0 Å². The maximum Gasteiger partial charge on any atom is 0.317 e. The summed E-state index contributed by atoms with van der Waals surface area (Å²) >= 11 is 1.75. The monoisotopic (exact) mass is 290 g/mol. The van der Waals surface area contributed by atoms with Crippen LogP contribution in [0.5, 0.6) is 0 Å². The summed E-state index contributed by atoms with van der Waals surface area (Å²) in [5, 5.41) is 11.7. The second kappa shape index (κ2) is 8.27. The van der Waals surface area contributed by atoms with Gasteiger partial charge < -0.3 is 20.1 Å². The molecule has 1 aliphatic rings. The van der Waals surface area contributed by atoms with Gasteiger partial charge in [0.1, 0.15) is 0 Å². The summed E-state index contributed by atoms with van der Waals surface area (Å²) in [6.07, 6.45) is 2.49. The van der Waals surface area contributed by atoms with Gasteiger partial charge in [0.05, 0.1) is 19.1 Å². The van der Waals surface area contributed by atoms with Crippen LogP contribution < -0.4 is 5.32 Å². The van der Waals surface area contributed by atoms with Gasteiger partial charge in [-0.3, -0.25) is 4.79 Å². The normalized spacial score (nSPS) is 20.9. The van der Waals surface area contributed by atoms with Gasteiger partial charge in [-0.15, -0.1) is 0 Å². The fourth-order valence-electron chi connectivity index (χ4n) is 1.89. The molecule has 2 amide bonds. The maximum absolute atomic E-state index is 12.0. The molecule has 0 aliphatic carbocycles. The van der Waals surface area contributed by atoms with Gasteiger partial charge in [-0.1, -0.05) is 0 Å². The highest BCUT2D eigenvalue weighted by Crippen LogP contribution is 2.09. The number of urea groups is 1. The number of rotatable bonds is 6. The van der Waals surface area contributed by atoms with Crippen molar-refractivity contribution < 1.29 is 19.4 Å². The van der Waals surface area contributed by atoms with Crippen LogP contribution >= 0.6 is 11.8 Å². The number of carboxylic acid groups (broad SMARTS) is 1. The smallest absolute Gasteiger partial charge is 0.317 e. The number of carboxylic acids is 1. The van der Waals surface area contributed by atoms with E-state index in [2.05, 4.69) is 5.32 Å². The zero-order valence-corrected chi connectivity index (χ0v) is 12.2. The van der Waals surface area contributed by atoms with E-state index in [-0.39, 0.29) is 18.5 Å². The van der Waals surface area contributed by atoms with Gasteiger partial charge in [-0.25, -0.2) is 4.79 Å². The number of ether oxygens (including phenoxy) is 1. The zero-order valence-electron chi connectivity index (χ0n) is 11.4. The minimum Gasteiger partial charge on any atom is -0.481 e. The van der Waals surface area contributed by atoms with E-state index in [4.69, 9.17) is 9.84 Å². The number of amides is 2.